The number of benzene rings is 1. The molecule has 3 aromatic heterocycles. The Bertz CT molecular complexity index is 1770. The maximum absolute atomic E-state index is 9.72. The second-order valence-electron chi connectivity index (χ2n) is 14.0. The molecule has 0 amide bonds. The van der Waals surface area contributed by atoms with Crippen molar-refractivity contribution in [3.05, 3.63) is 55.0 Å². The van der Waals surface area contributed by atoms with Gasteiger partial charge in [-0.05, 0) is 63.1 Å². The standard InChI is InChI=1S/C38H50N10O6/c1-27(21-46-26-40-25-43-46)54-36-17-28(3-4-29(36)18-39)30-19-41-38(42-20-30)44-35-22-47(45-37(35)53-16-15-51-14-13-50-12-11-49-2)31-5-7-32(8-6-31)48-33-9-10-34(48)24-52-23-33/h3-4,17,19-20,22,25-27,31-34H,5-16,21,23-24H2,1-2H3,(H,41,42,44)/t27-,31?,32?,33-,34+/m0/s1. The number of fused-ring (bicyclic) bond motifs is 2. The van der Waals surface area contributed by atoms with Crippen LogP contribution in [0.5, 0.6) is 11.6 Å². The zero-order valence-corrected chi connectivity index (χ0v) is 31.1. The van der Waals surface area contributed by atoms with Crippen molar-refractivity contribution in [2.24, 2.45) is 0 Å². The van der Waals surface area contributed by atoms with Crippen LogP contribution in [-0.2, 0) is 25.5 Å². The van der Waals surface area contributed by atoms with Crippen LogP contribution < -0.4 is 14.8 Å². The third kappa shape index (κ3) is 9.52. The van der Waals surface area contributed by atoms with E-state index in [2.05, 4.69) is 36.3 Å². The molecule has 3 aliphatic rings. The molecular weight excluding hydrogens is 692 g/mol. The third-order valence-corrected chi connectivity index (χ3v) is 10.3. The Morgan fingerprint density at radius 3 is 2.31 bits per heavy atom. The largest absolute Gasteiger partial charge is 0.487 e. The second kappa shape index (κ2) is 18.6. The minimum atomic E-state index is -0.240. The molecule has 0 radical (unpaired) electrons. The average Bonchev–Trinajstić information content (AvgIpc) is 3.92. The molecule has 1 N–H and O–H groups in total. The maximum Gasteiger partial charge on any atom is 0.257 e. The zero-order valence-electron chi connectivity index (χ0n) is 31.1. The lowest BCUT2D eigenvalue weighted by Gasteiger charge is -2.43. The van der Waals surface area contributed by atoms with E-state index in [0.717, 1.165) is 50.0 Å². The fourth-order valence-electron chi connectivity index (χ4n) is 7.69. The van der Waals surface area contributed by atoms with Gasteiger partial charge in [0.1, 0.15) is 42.9 Å². The molecule has 0 spiro atoms. The highest BCUT2D eigenvalue weighted by Gasteiger charge is 2.42. The quantitative estimate of drug-likeness (QED) is 0.134. The van der Waals surface area contributed by atoms with E-state index in [0.29, 0.717) is 93.1 Å². The number of rotatable bonds is 19. The van der Waals surface area contributed by atoms with E-state index in [-0.39, 0.29) is 12.1 Å². The third-order valence-electron chi connectivity index (χ3n) is 10.3. The van der Waals surface area contributed by atoms with Gasteiger partial charge in [0.2, 0.25) is 5.95 Å². The van der Waals surface area contributed by atoms with Crippen LogP contribution >= 0.6 is 0 Å². The van der Waals surface area contributed by atoms with Crippen molar-refractivity contribution in [2.75, 3.05) is 65.3 Å². The molecule has 54 heavy (non-hydrogen) atoms. The predicted molar refractivity (Wildman–Crippen MR) is 198 cm³/mol. The van der Waals surface area contributed by atoms with E-state index in [4.69, 9.17) is 33.5 Å². The van der Waals surface area contributed by atoms with Crippen molar-refractivity contribution in [3.8, 4) is 28.8 Å². The van der Waals surface area contributed by atoms with E-state index >= 15 is 0 Å². The summed E-state index contributed by atoms with van der Waals surface area (Å²) in [4.78, 5) is 16.0. The molecule has 16 heteroatoms. The van der Waals surface area contributed by atoms with Gasteiger partial charge in [0.15, 0.2) is 0 Å². The van der Waals surface area contributed by atoms with Gasteiger partial charge in [-0.1, -0.05) is 6.07 Å². The summed E-state index contributed by atoms with van der Waals surface area (Å²) >= 11 is 0. The molecule has 2 saturated heterocycles. The highest BCUT2D eigenvalue weighted by Crippen LogP contribution is 2.39. The van der Waals surface area contributed by atoms with Gasteiger partial charge in [-0.2, -0.15) is 10.4 Å². The molecule has 1 saturated carbocycles. The molecular formula is C38H50N10O6. The average molecular weight is 743 g/mol. The van der Waals surface area contributed by atoms with E-state index in [9.17, 15) is 5.26 Å². The van der Waals surface area contributed by atoms with Crippen molar-refractivity contribution in [1.29, 1.82) is 5.26 Å². The Morgan fingerprint density at radius 2 is 1.61 bits per heavy atom. The second-order valence-corrected chi connectivity index (χ2v) is 14.0. The van der Waals surface area contributed by atoms with Crippen LogP contribution in [-0.4, -0.2) is 124 Å². The lowest BCUT2D eigenvalue weighted by Crippen LogP contribution is -2.52. The number of nitriles is 1. The van der Waals surface area contributed by atoms with E-state index in [1.165, 1.54) is 19.2 Å². The van der Waals surface area contributed by atoms with Crippen LogP contribution in [0.25, 0.3) is 11.1 Å². The van der Waals surface area contributed by atoms with Gasteiger partial charge in [-0.15, -0.1) is 5.10 Å². The van der Waals surface area contributed by atoms with Gasteiger partial charge in [-0.3, -0.25) is 9.58 Å². The number of nitrogens with one attached hydrogen (secondary N) is 1. The number of hydrogen-bond donors (Lipinski definition) is 1. The summed E-state index contributed by atoms with van der Waals surface area (Å²) in [6.45, 7) is 6.93. The fourth-order valence-corrected chi connectivity index (χ4v) is 7.69. The first-order valence-corrected chi connectivity index (χ1v) is 18.9. The van der Waals surface area contributed by atoms with Crippen molar-refractivity contribution >= 4 is 11.6 Å². The van der Waals surface area contributed by atoms with Crippen molar-refractivity contribution in [1.82, 2.24) is 39.4 Å². The summed E-state index contributed by atoms with van der Waals surface area (Å²) < 4.78 is 38.1. The molecule has 2 aliphatic heterocycles. The highest BCUT2D eigenvalue weighted by atomic mass is 16.6. The van der Waals surface area contributed by atoms with Gasteiger partial charge in [0.25, 0.3) is 5.88 Å². The molecule has 0 unspecified atom stereocenters. The Kier molecular flexibility index (Phi) is 13.0. The summed E-state index contributed by atoms with van der Waals surface area (Å²) in [5.74, 6) is 1.36. The molecule has 1 aliphatic carbocycles. The Hall–Kier alpha value is -4.66. The Balaban J connectivity index is 0.999. The highest BCUT2D eigenvalue weighted by molar-refractivity contribution is 5.67. The SMILES string of the molecule is COCCOCCOCCOc1nn(C2CCC(N3[C@@H]4CC[C@H]3COC4)CC2)cc1Nc1ncc(-c2ccc(C#N)c(O[C@@H](C)Cn3cncn3)c2)cn1. The molecule has 16 nitrogen and oxygen atoms in total. The van der Waals surface area contributed by atoms with Crippen LogP contribution in [0.4, 0.5) is 11.6 Å². The fraction of sp³-hybridized carbons (Fsp3) is 0.579. The molecule has 1 aromatic carbocycles. The number of methoxy groups -OCH3 is 1. The van der Waals surface area contributed by atoms with Crippen LogP contribution in [0.15, 0.2) is 49.4 Å². The minimum absolute atomic E-state index is 0.240. The van der Waals surface area contributed by atoms with Crippen LogP contribution in [0.1, 0.15) is 57.1 Å². The molecule has 7 rings (SSSR count). The lowest BCUT2D eigenvalue weighted by molar-refractivity contribution is -0.0458. The first kappa shape index (κ1) is 37.6. The summed E-state index contributed by atoms with van der Waals surface area (Å²) in [6, 6.07) is 9.69. The lowest BCUT2D eigenvalue weighted by atomic mass is 9.89. The van der Waals surface area contributed by atoms with Crippen LogP contribution in [0.2, 0.25) is 0 Å². The number of aromatic nitrogens is 7. The molecule has 5 heterocycles. The van der Waals surface area contributed by atoms with E-state index in [1.807, 2.05) is 29.9 Å². The summed E-state index contributed by atoms with van der Waals surface area (Å²) in [6.07, 6.45) is 15.3. The van der Waals surface area contributed by atoms with Gasteiger partial charge in [0.05, 0.1) is 70.6 Å². The Morgan fingerprint density at radius 1 is 0.907 bits per heavy atom. The van der Waals surface area contributed by atoms with Crippen molar-refractivity contribution in [2.45, 2.75) is 82.3 Å². The van der Waals surface area contributed by atoms with E-state index < -0.39 is 0 Å². The number of morpholine rings is 1. The topological polar surface area (TPSA) is 169 Å². The van der Waals surface area contributed by atoms with Gasteiger partial charge < -0.3 is 33.7 Å². The molecule has 288 valence electrons. The summed E-state index contributed by atoms with van der Waals surface area (Å²) in [5, 5.41) is 22.1. The smallest absolute Gasteiger partial charge is 0.257 e. The van der Waals surface area contributed by atoms with Crippen molar-refractivity contribution < 1.29 is 28.4 Å². The molecule has 2 bridgehead atoms. The Labute approximate surface area is 315 Å². The number of ether oxygens (including phenoxy) is 6. The monoisotopic (exact) mass is 742 g/mol. The number of nitrogens with zero attached hydrogens (tertiary/aromatic N) is 9. The van der Waals surface area contributed by atoms with Gasteiger partial charge in [-0.25, -0.2) is 19.6 Å². The molecule has 3 fully saturated rings. The zero-order chi connectivity index (χ0) is 37.1. The first-order valence-electron chi connectivity index (χ1n) is 18.9. The van der Waals surface area contributed by atoms with Gasteiger partial charge in [0, 0.05) is 43.2 Å². The first-order chi connectivity index (χ1) is 26.6. The molecule has 3 atom stereocenters. The van der Waals surface area contributed by atoms with E-state index in [1.54, 1.807) is 36.6 Å². The normalized spacial score (nSPS) is 21.8. The maximum atomic E-state index is 9.72. The predicted octanol–water partition coefficient (Wildman–Crippen LogP) is 4.42. The minimum Gasteiger partial charge on any atom is -0.487 e. The molecule has 4 aromatic rings. The van der Waals surface area contributed by atoms with Crippen molar-refractivity contribution in [3.63, 3.8) is 0 Å². The van der Waals surface area contributed by atoms with Gasteiger partial charge >= 0.3 is 0 Å². The number of hydrogen-bond acceptors (Lipinski definition) is 14. The van der Waals surface area contributed by atoms with Crippen LogP contribution in [0, 0.1) is 11.3 Å². The summed E-state index contributed by atoms with van der Waals surface area (Å²) in [5.41, 5.74) is 2.73. The summed E-state index contributed by atoms with van der Waals surface area (Å²) in [7, 11) is 1.65. The van der Waals surface area contributed by atoms with Crippen LogP contribution in [0.3, 0.4) is 0 Å². The number of anilines is 2.